The van der Waals surface area contributed by atoms with E-state index in [-0.39, 0.29) is 18.6 Å². The monoisotopic (exact) mass is 448 g/mol. The van der Waals surface area contributed by atoms with Crippen LogP contribution >= 0.6 is 0 Å². The third-order valence-electron chi connectivity index (χ3n) is 6.60. The maximum Gasteiger partial charge on any atom is 0.231 e. The van der Waals surface area contributed by atoms with Crippen LogP contribution in [0.2, 0.25) is 0 Å². The van der Waals surface area contributed by atoms with Gasteiger partial charge in [0.25, 0.3) is 0 Å². The van der Waals surface area contributed by atoms with E-state index in [4.69, 9.17) is 9.47 Å². The normalized spacial score (nSPS) is 19.1. The highest BCUT2D eigenvalue weighted by Crippen LogP contribution is 2.36. The average molecular weight is 449 g/mol. The van der Waals surface area contributed by atoms with Gasteiger partial charge in [-0.2, -0.15) is 0 Å². The lowest BCUT2D eigenvalue weighted by Gasteiger charge is -2.29. The summed E-state index contributed by atoms with van der Waals surface area (Å²) in [5, 5.41) is 6.15. The molecule has 5 rings (SSSR count). The van der Waals surface area contributed by atoms with Crippen LogP contribution in [0.25, 0.3) is 11.0 Å². The molecule has 172 valence electrons. The van der Waals surface area contributed by atoms with Crippen molar-refractivity contribution in [3.05, 3.63) is 53.9 Å². The van der Waals surface area contributed by atoms with E-state index in [0.29, 0.717) is 45.1 Å². The van der Waals surface area contributed by atoms with E-state index in [0.717, 1.165) is 33.9 Å². The van der Waals surface area contributed by atoms with Gasteiger partial charge in [-0.05, 0) is 49.1 Å². The molecule has 0 bridgehead atoms. The second-order valence-electron chi connectivity index (χ2n) is 8.87. The van der Waals surface area contributed by atoms with Gasteiger partial charge in [-0.3, -0.25) is 9.59 Å². The van der Waals surface area contributed by atoms with Crippen molar-refractivity contribution in [3.8, 4) is 11.5 Å². The van der Waals surface area contributed by atoms with Crippen LogP contribution in [0.5, 0.6) is 11.5 Å². The zero-order valence-electron chi connectivity index (χ0n) is 18.7. The van der Waals surface area contributed by atoms with Gasteiger partial charge in [-0.25, -0.2) is 4.98 Å². The largest absolute Gasteiger partial charge is 0.454 e. The van der Waals surface area contributed by atoms with Crippen molar-refractivity contribution in [1.29, 1.82) is 0 Å². The number of para-hydroxylation sites is 2. The summed E-state index contributed by atoms with van der Waals surface area (Å²) in [6.45, 7) is 0.757. The summed E-state index contributed by atoms with van der Waals surface area (Å²) in [7, 11) is 2.00. The highest BCUT2D eigenvalue weighted by molar-refractivity contribution is 5.80. The Morgan fingerprint density at radius 2 is 2.06 bits per heavy atom. The number of carbonyl (C=O) groups is 2. The fourth-order valence-electron chi connectivity index (χ4n) is 4.80. The van der Waals surface area contributed by atoms with Gasteiger partial charge in [0.15, 0.2) is 11.5 Å². The summed E-state index contributed by atoms with van der Waals surface area (Å²) in [4.78, 5) is 29.3. The maximum atomic E-state index is 12.6. The van der Waals surface area contributed by atoms with Crippen LogP contribution < -0.4 is 20.1 Å². The Morgan fingerprint density at radius 3 is 2.88 bits per heavy atom. The summed E-state index contributed by atoms with van der Waals surface area (Å²) in [6.07, 6.45) is 3.46. The molecule has 3 heterocycles. The van der Waals surface area contributed by atoms with Crippen molar-refractivity contribution in [1.82, 2.24) is 20.2 Å². The lowest BCUT2D eigenvalue weighted by Crippen LogP contribution is -2.44. The second-order valence-corrected chi connectivity index (χ2v) is 8.87. The fourth-order valence-corrected chi connectivity index (χ4v) is 4.80. The first-order chi connectivity index (χ1) is 16.0. The number of hydrogen-bond donors (Lipinski definition) is 2. The first-order valence-electron chi connectivity index (χ1n) is 11.4. The minimum absolute atomic E-state index is 0.0139. The Bertz CT molecular complexity index is 1200. The Balaban J connectivity index is 1.17. The van der Waals surface area contributed by atoms with Crippen molar-refractivity contribution >= 4 is 22.8 Å². The number of amides is 2. The smallest absolute Gasteiger partial charge is 0.231 e. The van der Waals surface area contributed by atoms with Crippen LogP contribution in [0.15, 0.2) is 42.5 Å². The summed E-state index contributed by atoms with van der Waals surface area (Å²) in [6, 6.07) is 13.9. The number of imidazole rings is 1. The molecule has 1 fully saturated rings. The molecule has 33 heavy (non-hydrogen) atoms. The number of aryl methyl sites for hydroxylation is 1. The topological polar surface area (TPSA) is 94.5 Å². The molecule has 0 saturated carbocycles. The van der Waals surface area contributed by atoms with Crippen molar-refractivity contribution in [3.63, 3.8) is 0 Å². The molecule has 2 aromatic carbocycles. The molecule has 8 nitrogen and oxygen atoms in total. The number of carbonyl (C=O) groups excluding carboxylic acids is 2. The third kappa shape index (κ3) is 4.51. The molecule has 1 aromatic heterocycles. The molecule has 0 unspecified atom stereocenters. The average Bonchev–Trinajstić information content (AvgIpc) is 3.51. The standard InChI is InChI=1S/C25H28N4O4/c1-29-19-5-3-2-4-18(19)27-22(29)10-13-26-23(30)8-11-25(12-9-24(31)28-25)15-17-6-7-20-21(14-17)33-16-32-20/h2-7,14H,8-13,15-16H2,1H3,(H,26,30)(H,28,31)/t25-/m1/s1. The quantitative estimate of drug-likeness (QED) is 0.553. The van der Waals surface area contributed by atoms with Crippen LogP contribution in [0.4, 0.5) is 0 Å². The lowest BCUT2D eigenvalue weighted by molar-refractivity contribution is -0.122. The van der Waals surface area contributed by atoms with Crippen LogP contribution in [0.1, 0.15) is 37.1 Å². The molecule has 2 amide bonds. The van der Waals surface area contributed by atoms with Gasteiger partial charge >= 0.3 is 0 Å². The van der Waals surface area contributed by atoms with E-state index in [1.165, 1.54) is 0 Å². The van der Waals surface area contributed by atoms with Crippen LogP contribution in [-0.4, -0.2) is 40.2 Å². The van der Waals surface area contributed by atoms with Gasteiger partial charge in [-0.1, -0.05) is 18.2 Å². The zero-order chi connectivity index (χ0) is 22.8. The van der Waals surface area contributed by atoms with E-state index < -0.39 is 5.54 Å². The fraction of sp³-hybridized carbons (Fsp3) is 0.400. The molecule has 0 spiro atoms. The molecule has 1 saturated heterocycles. The molecule has 8 heteroatoms. The van der Waals surface area contributed by atoms with Gasteiger partial charge in [0.2, 0.25) is 18.6 Å². The van der Waals surface area contributed by atoms with E-state index in [2.05, 4.69) is 20.2 Å². The third-order valence-corrected chi connectivity index (χ3v) is 6.60. The van der Waals surface area contributed by atoms with Gasteiger partial charge < -0.3 is 24.7 Å². The predicted molar refractivity (Wildman–Crippen MR) is 123 cm³/mol. The van der Waals surface area contributed by atoms with E-state index in [9.17, 15) is 9.59 Å². The van der Waals surface area contributed by atoms with Crippen LogP contribution in [-0.2, 0) is 29.5 Å². The summed E-state index contributed by atoms with van der Waals surface area (Å²) in [5.41, 5.74) is 2.69. The molecular formula is C25H28N4O4. The number of benzene rings is 2. The number of fused-ring (bicyclic) bond motifs is 2. The summed E-state index contributed by atoms with van der Waals surface area (Å²) < 4.78 is 12.9. The Morgan fingerprint density at radius 1 is 1.21 bits per heavy atom. The molecule has 0 radical (unpaired) electrons. The summed E-state index contributed by atoms with van der Waals surface area (Å²) in [5.74, 6) is 2.44. The van der Waals surface area contributed by atoms with Crippen molar-refractivity contribution < 1.29 is 19.1 Å². The number of nitrogens with one attached hydrogen (secondary N) is 2. The van der Waals surface area contributed by atoms with Crippen molar-refractivity contribution in [2.45, 2.75) is 44.1 Å². The maximum absolute atomic E-state index is 12.6. The highest BCUT2D eigenvalue weighted by Gasteiger charge is 2.38. The van der Waals surface area contributed by atoms with Gasteiger partial charge in [0, 0.05) is 38.4 Å². The number of nitrogens with zero attached hydrogens (tertiary/aromatic N) is 2. The molecule has 2 aliphatic heterocycles. The summed E-state index contributed by atoms with van der Waals surface area (Å²) >= 11 is 0. The first kappa shape index (κ1) is 21.3. The minimum atomic E-state index is -0.417. The number of ether oxygens (including phenoxy) is 2. The van der Waals surface area contributed by atoms with Crippen molar-refractivity contribution in [2.75, 3.05) is 13.3 Å². The molecule has 0 aliphatic carbocycles. The second kappa shape index (κ2) is 8.77. The van der Waals surface area contributed by atoms with Crippen LogP contribution in [0, 0.1) is 0 Å². The highest BCUT2D eigenvalue weighted by atomic mass is 16.7. The van der Waals surface area contributed by atoms with E-state index >= 15 is 0 Å². The number of rotatable bonds is 8. The predicted octanol–water partition coefficient (Wildman–Crippen LogP) is 2.63. The SMILES string of the molecule is Cn1c(CCNC(=O)CC[C@]2(Cc3ccc4c(c3)OCO4)CCC(=O)N2)nc2ccccc21. The van der Waals surface area contributed by atoms with Crippen molar-refractivity contribution in [2.24, 2.45) is 7.05 Å². The van der Waals surface area contributed by atoms with E-state index in [1.807, 2.05) is 49.5 Å². The molecule has 2 N–H and O–H groups in total. The van der Waals surface area contributed by atoms with Crippen LogP contribution in [0.3, 0.4) is 0 Å². The number of hydrogen-bond acceptors (Lipinski definition) is 5. The van der Waals surface area contributed by atoms with Gasteiger partial charge in [0.1, 0.15) is 5.82 Å². The molecule has 2 aliphatic rings. The molecule has 1 atom stereocenters. The Kier molecular flexibility index (Phi) is 5.66. The molecule has 3 aromatic rings. The zero-order valence-corrected chi connectivity index (χ0v) is 18.7. The lowest BCUT2D eigenvalue weighted by atomic mass is 9.85. The Hall–Kier alpha value is -3.55. The minimum Gasteiger partial charge on any atom is -0.454 e. The van der Waals surface area contributed by atoms with Gasteiger partial charge in [-0.15, -0.1) is 0 Å². The van der Waals surface area contributed by atoms with Gasteiger partial charge in [0.05, 0.1) is 11.0 Å². The number of aromatic nitrogens is 2. The first-order valence-corrected chi connectivity index (χ1v) is 11.4. The molecular weight excluding hydrogens is 420 g/mol. The van der Waals surface area contributed by atoms with E-state index in [1.54, 1.807) is 0 Å². The Labute approximate surface area is 192 Å².